The lowest BCUT2D eigenvalue weighted by atomic mass is 9.85. The Balaban J connectivity index is 0.733. The van der Waals surface area contributed by atoms with E-state index in [4.69, 9.17) is 39.5 Å². The van der Waals surface area contributed by atoms with Gasteiger partial charge < -0.3 is 14.6 Å². The summed E-state index contributed by atoms with van der Waals surface area (Å²) in [6.45, 7) is 2.17. The number of aliphatic imine (C=N–C) groups is 1. The minimum Gasteiger partial charge on any atom is -0.455 e. The zero-order chi connectivity index (χ0) is 59.8. The van der Waals surface area contributed by atoms with E-state index in [0.717, 1.165) is 175 Å². The van der Waals surface area contributed by atoms with E-state index < -0.39 is 0 Å². The smallest absolute Gasteiger partial charge is 0.144 e. The van der Waals surface area contributed by atoms with Gasteiger partial charge in [-0.25, -0.2) is 24.9 Å². The molecule has 11 aromatic heterocycles. The second-order valence-electron chi connectivity index (χ2n) is 22.2. The van der Waals surface area contributed by atoms with Crippen LogP contribution in [-0.4, -0.2) is 46.1 Å². The van der Waals surface area contributed by atoms with Crippen LogP contribution in [0.5, 0.6) is 0 Å². The van der Waals surface area contributed by atoms with Gasteiger partial charge in [0, 0.05) is 128 Å². The molecule has 0 spiro atoms. The number of pyridine rings is 6. The molecule has 0 aliphatic rings. The van der Waals surface area contributed by atoms with Crippen molar-refractivity contribution in [3.05, 3.63) is 243 Å². The van der Waals surface area contributed by atoms with E-state index in [9.17, 15) is 0 Å². The highest BCUT2D eigenvalue weighted by atomic mass is 32.1. The number of rotatable bonds is 12. The molecule has 426 valence electrons. The molecule has 90 heavy (non-hydrogen) atoms. The Morgan fingerprint density at radius 2 is 0.956 bits per heavy atom. The summed E-state index contributed by atoms with van der Waals surface area (Å²) in [6, 6.07) is 60.8. The highest BCUT2D eigenvalue weighted by Gasteiger charge is 2.25. The molecular formula is C76H48N10O2S2. The van der Waals surface area contributed by atoms with Gasteiger partial charge in [-0.1, -0.05) is 109 Å². The van der Waals surface area contributed by atoms with E-state index in [1.807, 2.05) is 105 Å². The minimum absolute atomic E-state index is 0.0743. The van der Waals surface area contributed by atoms with Crippen LogP contribution >= 0.6 is 22.7 Å². The molecule has 6 aromatic carbocycles. The van der Waals surface area contributed by atoms with Crippen LogP contribution in [0.1, 0.15) is 24.8 Å². The van der Waals surface area contributed by atoms with Crippen LogP contribution < -0.4 is 5.73 Å². The maximum Gasteiger partial charge on any atom is 0.144 e. The molecule has 14 heteroatoms. The first-order chi connectivity index (χ1) is 44.5. The molecule has 0 amide bonds. The maximum absolute atomic E-state index is 7.13. The Labute approximate surface area is 522 Å². The molecule has 0 radical (unpaired) electrons. The lowest BCUT2D eigenvalue weighted by molar-refractivity contribution is 0.658. The van der Waals surface area contributed by atoms with Crippen molar-refractivity contribution < 1.29 is 8.83 Å². The van der Waals surface area contributed by atoms with Crippen LogP contribution in [0.25, 0.3) is 164 Å². The monoisotopic (exact) mass is 1200 g/mol. The van der Waals surface area contributed by atoms with Crippen molar-refractivity contribution in [2.75, 3.05) is 5.73 Å². The fourth-order valence-electron chi connectivity index (χ4n) is 12.7. The Morgan fingerprint density at radius 1 is 0.433 bits per heavy atom. The second kappa shape index (κ2) is 21.7. The van der Waals surface area contributed by atoms with Crippen molar-refractivity contribution in [3.8, 4) is 89.3 Å². The van der Waals surface area contributed by atoms with Gasteiger partial charge in [0.2, 0.25) is 0 Å². The standard InChI is InChI=1S/C76H48N10O2S2/c1-2-43(40-83-75-67(77)69-65(89-75)20-19-63(85-69)52-10-4-3-9-50(52)45-23-31-79-32-24-45)51-11-5-12-53-54-13-6-14-55(71(54)87-70(51)53)56-15-7-16-57-58-17-8-18-59(73(58)88-72(56)57)64-42-84-76-68(86-64)62-39-49(41-82-74(62)90-76)66-60(46-25-33-80-34-26-46)37-48(44-21-29-78-30-22-44)38-61(66)47-27-35-81-36-28-47/h3-43H,2,77H2,1H3. The Bertz CT molecular complexity index is 5630. The number of furan rings is 2. The number of anilines is 1. The number of hydrogen-bond acceptors (Lipinski definition) is 14. The number of thiophene rings is 2. The number of nitrogen functional groups attached to an aromatic ring is 1. The number of aromatic nitrogens is 8. The summed E-state index contributed by atoms with van der Waals surface area (Å²) in [4.78, 5) is 44.8. The van der Waals surface area contributed by atoms with E-state index in [0.29, 0.717) is 11.4 Å². The molecule has 0 aliphatic carbocycles. The molecular weight excluding hydrogens is 1150 g/mol. The van der Waals surface area contributed by atoms with Gasteiger partial charge in [0.25, 0.3) is 0 Å². The molecule has 0 bridgehead atoms. The van der Waals surface area contributed by atoms with Gasteiger partial charge >= 0.3 is 0 Å². The first kappa shape index (κ1) is 52.8. The molecule has 11 heterocycles. The van der Waals surface area contributed by atoms with Gasteiger partial charge in [0.15, 0.2) is 0 Å². The van der Waals surface area contributed by atoms with E-state index in [-0.39, 0.29) is 5.92 Å². The lowest BCUT2D eigenvalue weighted by Gasteiger charge is -2.19. The third-order valence-corrected chi connectivity index (χ3v) is 19.1. The van der Waals surface area contributed by atoms with Gasteiger partial charge in [-0.2, -0.15) is 0 Å². The highest BCUT2D eigenvalue weighted by molar-refractivity contribution is 7.25. The number of hydrogen-bond donors (Lipinski definition) is 1. The summed E-state index contributed by atoms with van der Waals surface area (Å²) in [5.74, 6) is -0.0743. The van der Waals surface area contributed by atoms with Crippen LogP contribution in [0.2, 0.25) is 0 Å². The average Bonchev–Trinajstić information content (AvgIpc) is 1.60. The Morgan fingerprint density at radius 3 is 1.59 bits per heavy atom. The third kappa shape index (κ3) is 8.90. The number of para-hydroxylation sites is 4. The molecule has 0 aliphatic heterocycles. The molecule has 2 N–H and O–H groups in total. The average molecular weight is 1200 g/mol. The summed E-state index contributed by atoms with van der Waals surface area (Å²) >= 11 is 3.08. The summed E-state index contributed by atoms with van der Waals surface area (Å²) in [7, 11) is 0. The number of fused-ring (bicyclic) bond motifs is 10. The van der Waals surface area contributed by atoms with Gasteiger partial charge in [0.05, 0.1) is 28.0 Å². The number of nitrogens with zero attached hydrogens (tertiary/aromatic N) is 9. The van der Waals surface area contributed by atoms with Crippen molar-refractivity contribution in [1.82, 2.24) is 39.9 Å². The molecule has 17 aromatic rings. The predicted octanol–water partition coefficient (Wildman–Crippen LogP) is 20.0. The van der Waals surface area contributed by atoms with Crippen LogP contribution in [0.4, 0.5) is 10.7 Å². The topological polar surface area (TPSA) is 168 Å². The molecule has 0 fully saturated rings. The van der Waals surface area contributed by atoms with Crippen molar-refractivity contribution in [2.24, 2.45) is 4.99 Å². The van der Waals surface area contributed by atoms with Crippen LogP contribution in [0.15, 0.2) is 252 Å². The Hall–Kier alpha value is -11.5. The number of benzene rings is 6. The molecule has 1 atom stereocenters. The third-order valence-electron chi connectivity index (χ3n) is 17.1. The van der Waals surface area contributed by atoms with Gasteiger partial charge in [-0.05, 0) is 141 Å². The quantitative estimate of drug-likeness (QED) is 0.116. The van der Waals surface area contributed by atoms with Crippen LogP contribution in [-0.2, 0) is 0 Å². The molecule has 12 nitrogen and oxygen atoms in total. The van der Waals surface area contributed by atoms with Crippen LogP contribution in [0.3, 0.4) is 0 Å². The molecule has 17 rings (SSSR count). The maximum atomic E-state index is 7.13. The number of nitrogens with two attached hydrogens (primary N) is 1. The summed E-state index contributed by atoms with van der Waals surface area (Å²) in [6.07, 6.45) is 21.2. The van der Waals surface area contributed by atoms with Crippen molar-refractivity contribution in [2.45, 2.75) is 19.3 Å². The van der Waals surface area contributed by atoms with Crippen molar-refractivity contribution >= 4 is 114 Å². The van der Waals surface area contributed by atoms with E-state index in [1.54, 1.807) is 11.3 Å². The van der Waals surface area contributed by atoms with E-state index >= 15 is 0 Å². The second-order valence-corrected chi connectivity index (χ2v) is 24.2. The minimum atomic E-state index is -0.0743. The van der Waals surface area contributed by atoms with Crippen molar-refractivity contribution in [1.29, 1.82) is 0 Å². The molecule has 0 saturated carbocycles. The first-order valence-corrected chi connectivity index (χ1v) is 31.2. The summed E-state index contributed by atoms with van der Waals surface area (Å²) in [5, 5.41) is 5.63. The lowest BCUT2D eigenvalue weighted by Crippen LogP contribution is -1.99. The fraction of sp³-hybridized carbons (Fsp3) is 0.0395. The summed E-state index contributed by atoms with van der Waals surface area (Å²) in [5.41, 5.74) is 28.7. The predicted molar refractivity (Wildman–Crippen MR) is 367 cm³/mol. The zero-order valence-electron chi connectivity index (χ0n) is 48.1. The summed E-state index contributed by atoms with van der Waals surface area (Å²) < 4.78 is 15.2. The van der Waals surface area contributed by atoms with Crippen molar-refractivity contribution in [3.63, 3.8) is 0 Å². The zero-order valence-corrected chi connectivity index (χ0v) is 49.7. The van der Waals surface area contributed by atoms with Gasteiger partial charge in [-0.3, -0.25) is 19.9 Å². The molecule has 0 saturated heterocycles. The van der Waals surface area contributed by atoms with E-state index in [2.05, 4.69) is 166 Å². The largest absolute Gasteiger partial charge is 0.455 e. The normalized spacial score (nSPS) is 12.3. The SMILES string of the molecule is CCC(C=Nc1sc2ccc(-c3ccccc3-c3ccncc3)nc2c1N)c1cccc2c1oc1c(-c3cccc4c3oc3c(-c5cnc6sc7ncc(-c8c(-c9ccncc9)cc(-c9ccncc9)cc8-c8ccncc8)cc7c6n5)cccc34)cccc12. The van der Waals surface area contributed by atoms with Gasteiger partial charge in [-0.15, -0.1) is 11.3 Å². The fourth-order valence-corrected chi connectivity index (χ4v) is 14.6. The van der Waals surface area contributed by atoms with Gasteiger partial charge in [0.1, 0.15) is 48.0 Å². The van der Waals surface area contributed by atoms with Crippen LogP contribution in [0, 0.1) is 0 Å². The Kier molecular flexibility index (Phi) is 12.8. The first-order valence-electron chi connectivity index (χ1n) is 29.6. The molecule has 1 unspecified atom stereocenters. The van der Waals surface area contributed by atoms with E-state index in [1.165, 1.54) is 11.3 Å². The highest BCUT2D eigenvalue weighted by Crippen LogP contribution is 2.48.